The van der Waals surface area contributed by atoms with Crippen molar-refractivity contribution in [2.24, 2.45) is 5.73 Å². The van der Waals surface area contributed by atoms with Crippen molar-refractivity contribution in [2.75, 3.05) is 19.9 Å². The average Bonchev–Trinajstić information content (AvgIpc) is 3.29. The molecule has 1 aliphatic rings. The fourth-order valence-electron chi connectivity index (χ4n) is 4.88. The summed E-state index contributed by atoms with van der Waals surface area (Å²) in [6.45, 7) is 0.452. The molecular weight excluding hydrogens is 504 g/mol. The molecule has 8 heteroatoms. The van der Waals surface area contributed by atoms with E-state index in [9.17, 15) is 4.79 Å². The van der Waals surface area contributed by atoms with E-state index < -0.39 is 0 Å². The molecule has 0 saturated heterocycles. The van der Waals surface area contributed by atoms with Crippen molar-refractivity contribution >= 4 is 44.7 Å². The number of hydrogen-bond acceptors (Lipinski definition) is 6. The number of rotatable bonds is 6. The van der Waals surface area contributed by atoms with Gasteiger partial charge in [0.1, 0.15) is 16.4 Å². The van der Waals surface area contributed by atoms with Crippen molar-refractivity contribution in [1.82, 2.24) is 9.88 Å². The second-order valence-electron chi connectivity index (χ2n) is 8.96. The van der Waals surface area contributed by atoms with Crippen LogP contribution in [0, 0.1) is 0 Å². The van der Waals surface area contributed by atoms with Crippen LogP contribution in [-0.4, -0.2) is 36.0 Å². The van der Waals surface area contributed by atoms with Gasteiger partial charge in [0.25, 0.3) is 5.91 Å². The van der Waals surface area contributed by atoms with Gasteiger partial charge in [-0.15, -0.1) is 11.3 Å². The molecule has 1 saturated carbocycles. The molecule has 194 valence electrons. The predicted molar refractivity (Wildman–Crippen MR) is 154 cm³/mol. The number of nitrogens with two attached hydrogens (primary N) is 2. The van der Waals surface area contributed by atoms with Crippen molar-refractivity contribution in [1.29, 1.82) is 0 Å². The minimum Gasteiger partial charge on any atom is -0.496 e. The Kier molecular flexibility index (Phi) is 9.03. The van der Waals surface area contributed by atoms with Gasteiger partial charge in [-0.05, 0) is 55.8 Å². The lowest BCUT2D eigenvalue weighted by molar-refractivity contribution is 0.0618. The minimum absolute atomic E-state index is 0.00953. The van der Waals surface area contributed by atoms with Crippen LogP contribution < -0.4 is 16.2 Å². The Bertz CT molecular complexity index is 1350. The van der Waals surface area contributed by atoms with E-state index >= 15 is 0 Å². The van der Waals surface area contributed by atoms with Crippen molar-refractivity contribution in [3.63, 3.8) is 0 Å². The molecular formula is C29H33ClN4O2S. The SMILES string of the molecule is CN.COc1ccc(-c2ccc(N)nc2)cc1CN(C(=O)c1sc2ccccc2c1Cl)C1CCCCC1. The minimum atomic E-state index is -0.00953. The number of fused-ring (bicyclic) bond motifs is 1. The number of amides is 1. The zero-order valence-corrected chi connectivity index (χ0v) is 22.8. The van der Waals surface area contributed by atoms with Gasteiger partial charge in [0.05, 0.1) is 12.1 Å². The highest BCUT2D eigenvalue weighted by molar-refractivity contribution is 7.21. The van der Waals surface area contributed by atoms with E-state index in [1.807, 2.05) is 47.4 Å². The van der Waals surface area contributed by atoms with E-state index in [0.29, 0.717) is 22.3 Å². The van der Waals surface area contributed by atoms with E-state index in [4.69, 9.17) is 22.1 Å². The van der Waals surface area contributed by atoms with Crippen LogP contribution in [0.15, 0.2) is 60.8 Å². The van der Waals surface area contributed by atoms with Crippen LogP contribution >= 0.6 is 22.9 Å². The molecule has 0 atom stereocenters. The van der Waals surface area contributed by atoms with Crippen molar-refractivity contribution < 1.29 is 9.53 Å². The number of halogens is 1. The highest BCUT2D eigenvalue weighted by Gasteiger charge is 2.30. The monoisotopic (exact) mass is 536 g/mol. The van der Waals surface area contributed by atoms with Crippen LogP contribution in [-0.2, 0) is 6.54 Å². The first kappa shape index (κ1) is 26.9. The summed E-state index contributed by atoms with van der Waals surface area (Å²) in [6, 6.07) is 17.9. The molecule has 1 amide bonds. The van der Waals surface area contributed by atoms with E-state index in [1.54, 1.807) is 19.4 Å². The van der Waals surface area contributed by atoms with Gasteiger partial charge in [0, 0.05) is 40.0 Å². The normalized spacial score (nSPS) is 13.6. The number of nitrogen functional groups attached to an aromatic ring is 1. The smallest absolute Gasteiger partial charge is 0.266 e. The number of nitrogens with zero attached hydrogens (tertiary/aromatic N) is 2. The molecule has 0 radical (unpaired) electrons. The maximum absolute atomic E-state index is 14.0. The van der Waals surface area contributed by atoms with Crippen LogP contribution in [0.1, 0.15) is 47.3 Å². The number of hydrogen-bond donors (Lipinski definition) is 2. The molecule has 2 heterocycles. The van der Waals surface area contributed by atoms with E-state index in [-0.39, 0.29) is 11.9 Å². The third-order valence-corrected chi connectivity index (χ3v) is 8.41. The summed E-state index contributed by atoms with van der Waals surface area (Å²) < 4.78 is 6.73. The van der Waals surface area contributed by atoms with Crippen molar-refractivity contribution in [2.45, 2.75) is 44.7 Å². The molecule has 6 nitrogen and oxygen atoms in total. The van der Waals surface area contributed by atoms with Crippen molar-refractivity contribution in [3.05, 3.63) is 76.3 Å². The topological polar surface area (TPSA) is 94.5 Å². The number of pyridine rings is 1. The fraction of sp³-hybridized carbons (Fsp3) is 0.310. The highest BCUT2D eigenvalue weighted by atomic mass is 35.5. The number of thiophene rings is 1. The number of ether oxygens (including phenoxy) is 1. The Hall–Kier alpha value is -3.13. The predicted octanol–water partition coefficient (Wildman–Crippen LogP) is 6.76. The number of benzene rings is 2. The van der Waals surface area contributed by atoms with Crippen LogP contribution in [0.3, 0.4) is 0 Å². The van der Waals surface area contributed by atoms with E-state index in [0.717, 1.165) is 58.2 Å². The molecule has 0 spiro atoms. The van der Waals surface area contributed by atoms with Crippen LogP contribution in [0.4, 0.5) is 5.82 Å². The zero-order valence-electron chi connectivity index (χ0n) is 21.2. The maximum Gasteiger partial charge on any atom is 0.266 e. The number of carbonyl (C=O) groups excluding carboxylic acids is 1. The Morgan fingerprint density at radius 1 is 1.08 bits per heavy atom. The Morgan fingerprint density at radius 2 is 1.81 bits per heavy atom. The van der Waals surface area contributed by atoms with Gasteiger partial charge in [-0.3, -0.25) is 4.79 Å². The molecule has 2 aromatic carbocycles. The van der Waals surface area contributed by atoms with Gasteiger partial charge >= 0.3 is 0 Å². The molecule has 0 bridgehead atoms. The standard InChI is InChI=1S/C28H28ClN3O2S.CH5N/c1-34-23-13-11-18(19-12-14-25(30)31-16-19)15-20(23)17-32(21-7-3-2-4-8-21)28(33)27-26(29)22-9-5-6-10-24(22)35-27;1-2/h5-6,9-16,21H,2-4,7-8,17H2,1H3,(H2,30,31);2H2,1H3. The summed E-state index contributed by atoms with van der Waals surface area (Å²) in [7, 11) is 3.17. The quantitative estimate of drug-likeness (QED) is 0.284. The first-order valence-electron chi connectivity index (χ1n) is 12.5. The lowest BCUT2D eigenvalue weighted by atomic mass is 9.93. The lowest BCUT2D eigenvalue weighted by Gasteiger charge is -2.34. The van der Waals surface area contributed by atoms with Gasteiger partial charge in [0.2, 0.25) is 0 Å². The average molecular weight is 537 g/mol. The second-order valence-corrected chi connectivity index (χ2v) is 10.4. The first-order valence-corrected chi connectivity index (χ1v) is 13.7. The molecule has 0 aliphatic heterocycles. The number of aromatic nitrogens is 1. The zero-order chi connectivity index (χ0) is 26.4. The third-order valence-electron chi connectivity index (χ3n) is 6.75. The van der Waals surface area contributed by atoms with Gasteiger partial charge in [0.15, 0.2) is 0 Å². The van der Waals surface area contributed by atoms with Gasteiger partial charge < -0.3 is 21.1 Å². The number of anilines is 1. The first-order chi connectivity index (χ1) is 18.0. The Balaban J connectivity index is 0.00000156. The molecule has 4 N–H and O–H groups in total. The molecule has 37 heavy (non-hydrogen) atoms. The fourth-order valence-corrected chi connectivity index (χ4v) is 6.35. The van der Waals surface area contributed by atoms with Gasteiger partial charge in [-0.1, -0.05) is 55.1 Å². The molecule has 4 aromatic rings. The lowest BCUT2D eigenvalue weighted by Crippen LogP contribution is -2.40. The number of carbonyl (C=O) groups is 1. The van der Waals surface area contributed by atoms with Gasteiger partial charge in [-0.25, -0.2) is 4.98 Å². The number of methoxy groups -OCH3 is 1. The molecule has 0 unspecified atom stereocenters. The van der Waals surface area contributed by atoms with E-state index in [1.165, 1.54) is 24.8 Å². The van der Waals surface area contributed by atoms with Crippen molar-refractivity contribution in [3.8, 4) is 16.9 Å². The third kappa shape index (κ3) is 5.90. The summed E-state index contributed by atoms with van der Waals surface area (Å²) >= 11 is 8.21. The summed E-state index contributed by atoms with van der Waals surface area (Å²) in [5, 5.41) is 1.48. The Labute approximate surface area is 227 Å². The molecule has 1 fully saturated rings. The van der Waals surface area contributed by atoms with Crippen LogP contribution in [0.2, 0.25) is 5.02 Å². The maximum atomic E-state index is 14.0. The van der Waals surface area contributed by atoms with E-state index in [2.05, 4.69) is 16.8 Å². The molecule has 1 aliphatic carbocycles. The molecule has 5 rings (SSSR count). The van der Waals surface area contributed by atoms with Crippen LogP contribution in [0.5, 0.6) is 5.75 Å². The molecule has 2 aromatic heterocycles. The summed E-state index contributed by atoms with van der Waals surface area (Å²) in [6.07, 6.45) is 7.23. The Morgan fingerprint density at radius 3 is 2.49 bits per heavy atom. The summed E-state index contributed by atoms with van der Waals surface area (Å²) in [5.41, 5.74) is 13.2. The van der Waals surface area contributed by atoms with Gasteiger partial charge in [-0.2, -0.15) is 0 Å². The van der Waals surface area contributed by atoms with Crippen LogP contribution in [0.25, 0.3) is 21.2 Å². The summed E-state index contributed by atoms with van der Waals surface area (Å²) in [4.78, 5) is 20.9. The second kappa shape index (κ2) is 12.4. The summed E-state index contributed by atoms with van der Waals surface area (Å²) in [5.74, 6) is 1.23. The largest absolute Gasteiger partial charge is 0.496 e. The highest BCUT2D eigenvalue weighted by Crippen LogP contribution is 2.38.